The van der Waals surface area contributed by atoms with Crippen molar-refractivity contribution in [3.05, 3.63) is 22.8 Å². The molecule has 1 aromatic carbocycles. The van der Waals surface area contributed by atoms with Gasteiger partial charge in [-0.05, 0) is 0 Å². The van der Waals surface area contributed by atoms with Crippen molar-refractivity contribution in [2.75, 3.05) is 0 Å². The molecule has 0 aromatic heterocycles. The van der Waals surface area contributed by atoms with E-state index in [2.05, 4.69) is 9.98 Å². The van der Waals surface area contributed by atoms with Crippen LogP contribution in [0, 0.1) is 0 Å². The second kappa shape index (κ2) is 2.99. The summed E-state index contributed by atoms with van der Waals surface area (Å²) in [5.74, 6) is 0.141. The van der Waals surface area contributed by atoms with Crippen molar-refractivity contribution in [1.82, 2.24) is 0 Å². The number of fused-ring (bicyclic) bond motifs is 2. The molecule has 0 radical (unpaired) electrons. The first-order valence-corrected chi connectivity index (χ1v) is 4.80. The minimum Gasteiger partial charge on any atom is -0.444 e. The number of ketones is 1. The Morgan fingerprint density at radius 2 is 1.71 bits per heavy atom. The van der Waals surface area contributed by atoms with E-state index < -0.39 is 12.5 Å². The van der Waals surface area contributed by atoms with Gasteiger partial charge in [-0.3, -0.25) is 4.79 Å². The molecule has 17 heavy (non-hydrogen) atoms. The molecule has 0 spiro atoms. The first-order valence-electron chi connectivity index (χ1n) is 4.80. The van der Waals surface area contributed by atoms with Gasteiger partial charge in [0.2, 0.25) is 5.78 Å². The Bertz CT molecular complexity index is 595. The summed E-state index contributed by atoms with van der Waals surface area (Å²) in [7, 11) is 0. The molecule has 0 unspecified atom stereocenters. The van der Waals surface area contributed by atoms with Gasteiger partial charge in [-0.25, -0.2) is 0 Å². The quantitative estimate of drug-likeness (QED) is 0.658. The molecule has 1 aromatic rings. The highest BCUT2D eigenvalue weighted by molar-refractivity contribution is 5.80. The van der Waals surface area contributed by atoms with Gasteiger partial charge in [-0.2, -0.15) is 18.8 Å². The molecule has 0 amide bonds. The summed E-state index contributed by atoms with van der Waals surface area (Å²) in [4.78, 5) is 17.3. The fraction of sp³-hybridized carbons (Fsp3) is 0.300. The summed E-state index contributed by atoms with van der Waals surface area (Å²) < 4.78 is 36.0. The molecule has 0 aliphatic carbocycles. The highest BCUT2D eigenvalue weighted by Crippen LogP contribution is 2.32. The molecule has 0 bridgehead atoms. The van der Waals surface area contributed by atoms with Crippen molar-refractivity contribution in [2.45, 2.75) is 19.4 Å². The van der Waals surface area contributed by atoms with Gasteiger partial charge in [-0.1, -0.05) is 0 Å². The van der Waals surface area contributed by atoms with E-state index in [0.29, 0.717) is 0 Å². The molecule has 0 N–H and O–H groups in total. The van der Waals surface area contributed by atoms with E-state index in [9.17, 15) is 13.6 Å². The molecule has 0 saturated carbocycles. The smallest absolute Gasteiger partial charge is 0.444 e. The Kier molecular flexibility index (Phi) is 1.78. The molecule has 0 fully saturated rings. The number of hydrogen-bond donors (Lipinski definition) is 0. The first-order chi connectivity index (χ1) is 7.94. The van der Waals surface area contributed by atoms with Crippen molar-refractivity contribution in [1.29, 1.82) is 0 Å². The lowest BCUT2D eigenvalue weighted by Gasteiger charge is -2.03. The van der Waals surface area contributed by atoms with Crippen LogP contribution in [0.1, 0.15) is 6.92 Å². The highest BCUT2D eigenvalue weighted by atomic mass is 19.3. The van der Waals surface area contributed by atoms with Crippen molar-refractivity contribution < 1.29 is 23.0 Å². The van der Waals surface area contributed by atoms with Crippen LogP contribution in [-0.4, -0.2) is 18.2 Å². The van der Waals surface area contributed by atoms with Gasteiger partial charge < -0.3 is 9.47 Å². The topological polar surface area (TPSA) is 60.2 Å². The number of benzene rings is 1. The minimum absolute atomic E-state index is 0.0292. The summed E-state index contributed by atoms with van der Waals surface area (Å²) in [6.45, 7) is 1.31. The van der Waals surface area contributed by atoms with Crippen LogP contribution >= 0.6 is 0 Å². The first kappa shape index (κ1) is 10.1. The SMILES string of the molecule is CC(=O)C1Oc2cc3c(cc2O1)=NC(F)(F)N=3. The number of Topliss-reactive ketones (excluding diaryl/α,β-unsaturated/α-hetero) is 1. The van der Waals surface area contributed by atoms with Gasteiger partial charge in [0.25, 0.3) is 0 Å². The largest absolute Gasteiger partial charge is 0.450 e. The second-order valence-electron chi connectivity index (χ2n) is 3.70. The van der Waals surface area contributed by atoms with Crippen LogP contribution in [0.15, 0.2) is 22.1 Å². The Hall–Kier alpha value is -2.05. The van der Waals surface area contributed by atoms with Gasteiger partial charge in [0, 0.05) is 19.1 Å². The lowest BCUT2D eigenvalue weighted by Crippen LogP contribution is -2.26. The monoisotopic (exact) mass is 240 g/mol. The van der Waals surface area contributed by atoms with E-state index in [4.69, 9.17) is 9.47 Å². The third kappa shape index (κ3) is 1.54. The average molecular weight is 240 g/mol. The zero-order valence-electron chi connectivity index (χ0n) is 8.61. The maximum Gasteiger partial charge on any atom is 0.450 e. The minimum atomic E-state index is -3.43. The summed E-state index contributed by atoms with van der Waals surface area (Å²) in [5, 5.41) is 0.0584. The third-order valence-corrected chi connectivity index (χ3v) is 2.35. The van der Waals surface area contributed by atoms with E-state index in [1.165, 1.54) is 19.1 Å². The van der Waals surface area contributed by atoms with Crippen LogP contribution in [0.5, 0.6) is 11.5 Å². The highest BCUT2D eigenvalue weighted by Gasteiger charge is 2.33. The molecule has 3 rings (SSSR count). The summed E-state index contributed by atoms with van der Waals surface area (Å²) in [6, 6.07) is 2.58. The Labute approximate surface area is 93.4 Å². The molecular weight excluding hydrogens is 234 g/mol. The summed E-state index contributed by atoms with van der Waals surface area (Å²) in [6.07, 6.45) is -4.45. The van der Waals surface area contributed by atoms with Crippen molar-refractivity contribution >= 4 is 5.78 Å². The van der Waals surface area contributed by atoms with Crippen LogP contribution in [0.4, 0.5) is 8.78 Å². The Morgan fingerprint density at radius 1 is 1.24 bits per heavy atom. The van der Waals surface area contributed by atoms with Crippen molar-refractivity contribution in [3.8, 4) is 11.5 Å². The molecule has 7 heteroatoms. The fourth-order valence-electron chi connectivity index (χ4n) is 1.64. The van der Waals surface area contributed by atoms with Crippen LogP contribution in [0.25, 0.3) is 0 Å². The predicted octanol–water partition coefficient (Wildman–Crippen LogP) is 0.176. The number of nitrogens with zero attached hydrogens (tertiary/aromatic N) is 2. The molecular formula is C10H6F2N2O3. The van der Waals surface area contributed by atoms with Crippen LogP contribution in [-0.2, 0) is 4.79 Å². The summed E-state index contributed by atoms with van der Waals surface area (Å²) in [5.41, 5.74) is 0. The second-order valence-corrected chi connectivity index (χ2v) is 3.70. The maximum atomic E-state index is 12.9. The van der Waals surface area contributed by atoms with Gasteiger partial charge in [-0.15, -0.1) is 0 Å². The predicted molar refractivity (Wildman–Crippen MR) is 49.4 cm³/mol. The molecule has 0 atom stereocenters. The van der Waals surface area contributed by atoms with E-state index in [1.54, 1.807) is 0 Å². The fourth-order valence-corrected chi connectivity index (χ4v) is 1.64. The third-order valence-electron chi connectivity index (χ3n) is 2.35. The normalized spacial score (nSPS) is 19.5. The van der Waals surface area contributed by atoms with E-state index in [0.717, 1.165) is 0 Å². The number of alkyl halides is 2. The van der Waals surface area contributed by atoms with E-state index in [-0.39, 0.29) is 28.0 Å². The lowest BCUT2D eigenvalue weighted by molar-refractivity contribution is -0.132. The van der Waals surface area contributed by atoms with Gasteiger partial charge in [0.05, 0.1) is 10.7 Å². The number of carbonyl (C=O) groups is 1. The molecule has 2 aliphatic rings. The zero-order chi connectivity index (χ0) is 12.2. The molecule has 5 nitrogen and oxygen atoms in total. The van der Waals surface area contributed by atoms with E-state index in [1.807, 2.05) is 0 Å². The van der Waals surface area contributed by atoms with Crippen molar-refractivity contribution in [3.63, 3.8) is 0 Å². The van der Waals surface area contributed by atoms with Gasteiger partial charge >= 0.3 is 12.5 Å². The molecule has 2 aliphatic heterocycles. The Balaban J connectivity index is 2.10. The number of halogens is 2. The van der Waals surface area contributed by atoms with Crippen LogP contribution in [0.3, 0.4) is 0 Å². The van der Waals surface area contributed by atoms with Crippen molar-refractivity contribution in [2.24, 2.45) is 9.98 Å². The van der Waals surface area contributed by atoms with E-state index >= 15 is 0 Å². The molecule has 0 saturated heterocycles. The zero-order valence-corrected chi connectivity index (χ0v) is 8.61. The van der Waals surface area contributed by atoms with Crippen LogP contribution in [0.2, 0.25) is 0 Å². The van der Waals surface area contributed by atoms with Gasteiger partial charge in [0.1, 0.15) is 0 Å². The number of hydrogen-bond acceptors (Lipinski definition) is 5. The van der Waals surface area contributed by atoms with Gasteiger partial charge in [0.15, 0.2) is 11.5 Å². The lowest BCUT2D eigenvalue weighted by atomic mass is 10.3. The molecule has 88 valence electrons. The number of carbonyl (C=O) groups excluding carboxylic acids is 1. The average Bonchev–Trinajstić information content (AvgIpc) is 2.71. The maximum absolute atomic E-state index is 12.9. The van der Waals surface area contributed by atoms with Crippen LogP contribution < -0.4 is 20.2 Å². The molecule has 2 heterocycles. The number of rotatable bonds is 1. The summed E-state index contributed by atoms with van der Waals surface area (Å²) >= 11 is 0. The standard InChI is InChI=1S/C10H6F2N2O3/c1-4(15)9-16-7-2-5-6(3-8(7)17-9)14-10(11,12)13-5/h2-3,9H,1H3. The number of ether oxygens (including phenoxy) is 2. The Morgan fingerprint density at radius 3 is 2.12 bits per heavy atom.